The van der Waals surface area contributed by atoms with Crippen molar-refractivity contribution in [3.63, 3.8) is 0 Å². The lowest BCUT2D eigenvalue weighted by molar-refractivity contribution is -0.147. The number of carbonyl (C=O) groups is 2. The maximum atomic E-state index is 12.9. The monoisotopic (exact) mass is 369 g/mol. The normalized spacial score (nSPS) is 12.7. The van der Waals surface area contributed by atoms with Crippen LogP contribution in [-0.2, 0) is 14.3 Å². The van der Waals surface area contributed by atoms with Crippen molar-refractivity contribution in [2.45, 2.75) is 26.3 Å². The molecule has 0 spiro atoms. The van der Waals surface area contributed by atoms with Gasteiger partial charge in [0, 0.05) is 6.54 Å². The molecule has 0 fully saturated rings. The van der Waals surface area contributed by atoms with Crippen LogP contribution in [0.25, 0.3) is 0 Å². The zero-order chi connectivity index (χ0) is 19.6. The van der Waals surface area contributed by atoms with E-state index in [1.54, 1.807) is 11.8 Å². The molecule has 0 bridgehead atoms. The van der Waals surface area contributed by atoms with Crippen LogP contribution in [0.2, 0.25) is 0 Å². The summed E-state index contributed by atoms with van der Waals surface area (Å²) in [5, 5.41) is 0. The summed E-state index contributed by atoms with van der Waals surface area (Å²) < 4.78 is 10.5. The predicted molar refractivity (Wildman–Crippen MR) is 104 cm³/mol. The lowest BCUT2D eigenvalue weighted by Gasteiger charge is -2.31. The number of methoxy groups -OCH3 is 1. The van der Waals surface area contributed by atoms with E-state index in [9.17, 15) is 9.59 Å². The molecule has 0 heterocycles. The summed E-state index contributed by atoms with van der Waals surface area (Å²) in [6, 6.07) is 19.0. The number of para-hydroxylation sites is 1. The molecule has 27 heavy (non-hydrogen) atoms. The molecule has 5 nitrogen and oxygen atoms in total. The second-order valence-electron chi connectivity index (χ2n) is 6.47. The predicted octanol–water partition coefficient (Wildman–Crippen LogP) is 3.85. The van der Waals surface area contributed by atoms with Gasteiger partial charge in [0.15, 0.2) is 0 Å². The van der Waals surface area contributed by atoms with Crippen molar-refractivity contribution in [1.82, 2.24) is 4.90 Å². The summed E-state index contributed by atoms with van der Waals surface area (Å²) >= 11 is 0. The van der Waals surface area contributed by atoms with Gasteiger partial charge in [-0.05, 0) is 24.6 Å². The smallest absolute Gasteiger partial charge is 0.310 e. The molecule has 0 saturated carbocycles. The number of hydrogen-bond donors (Lipinski definition) is 0. The molecule has 0 N–H and O–H groups in total. The van der Waals surface area contributed by atoms with Gasteiger partial charge in [-0.1, -0.05) is 55.5 Å². The highest BCUT2D eigenvalue weighted by Gasteiger charge is 2.26. The van der Waals surface area contributed by atoms with Gasteiger partial charge >= 0.3 is 5.97 Å². The van der Waals surface area contributed by atoms with Crippen molar-refractivity contribution < 1.29 is 19.1 Å². The highest BCUT2D eigenvalue weighted by molar-refractivity contribution is 5.78. The van der Waals surface area contributed by atoms with Gasteiger partial charge in [0.05, 0.1) is 32.1 Å². The van der Waals surface area contributed by atoms with E-state index >= 15 is 0 Å². The fourth-order valence-corrected chi connectivity index (χ4v) is 2.87. The lowest BCUT2D eigenvalue weighted by atomic mass is 10.0. The first-order valence-corrected chi connectivity index (χ1v) is 9.13. The maximum Gasteiger partial charge on any atom is 0.310 e. The number of ether oxygens (including phenoxy) is 2. The third-order valence-corrected chi connectivity index (χ3v) is 4.47. The van der Waals surface area contributed by atoms with Crippen molar-refractivity contribution in [2.75, 3.05) is 20.3 Å². The van der Waals surface area contributed by atoms with Gasteiger partial charge in [-0.3, -0.25) is 9.59 Å². The fraction of sp³-hybridized carbons (Fsp3) is 0.364. The van der Waals surface area contributed by atoms with Gasteiger partial charge in [-0.15, -0.1) is 0 Å². The van der Waals surface area contributed by atoms with Crippen LogP contribution >= 0.6 is 0 Å². The third-order valence-electron chi connectivity index (χ3n) is 4.47. The van der Waals surface area contributed by atoms with E-state index in [2.05, 4.69) is 0 Å². The number of rotatable bonds is 9. The van der Waals surface area contributed by atoms with E-state index < -0.39 is 5.92 Å². The summed E-state index contributed by atoms with van der Waals surface area (Å²) in [4.78, 5) is 26.5. The first-order chi connectivity index (χ1) is 13.0. The zero-order valence-electron chi connectivity index (χ0n) is 16.1. The first kappa shape index (κ1) is 20.5. The summed E-state index contributed by atoms with van der Waals surface area (Å²) in [6.07, 6.45) is 0.236. The highest BCUT2D eigenvalue weighted by atomic mass is 16.5. The first-order valence-electron chi connectivity index (χ1n) is 9.13. The molecule has 5 heteroatoms. The molecular weight excluding hydrogens is 342 g/mol. The molecule has 144 valence electrons. The van der Waals surface area contributed by atoms with Crippen molar-refractivity contribution in [3.8, 4) is 5.75 Å². The molecular formula is C22H27NO4. The van der Waals surface area contributed by atoms with Crippen LogP contribution in [0.15, 0.2) is 60.7 Å². The molecule has 0 aliphatic heterocycles. The number of hydrogen-bond acceptors (Lipinski definition) is 4. The van der Waals surface area contributed by atoms with Gasteiger partial charge in [0.1, 0.15) is 5.75 Å². The maximum absolute atomic E-state index is 12.9. The number of benzene rings is 2. The van der Waals surface area contributed by atoms with Crippen LogP contribution in [0.3, 0.4) is 0 Å². The minimum atomic E-state index is -0.403. The lowest BCUT2D eigenvalue weighted by Crippen LogP contribution is -2.39. The van der Waals surface area contributed by atoms with Gasteiger partial charge in [0.25, 0.3) is 0 Å². The molecule has 0 aromatic heterocycles. The average Bonchev–Trinajstić information content (AvgIpc) is 2.72. The summed E-state index contributed by atoms with van der Waals surface area (Å²) in [6.45, 7) is 4.32. The summed E-state index contributed by atoms with van der Waals surface area (Å²) in [5.41, 5.74) is 1.02. The van der Waals surface area contributed by atoms with Crippen molar-refractivity contribution in [2.24, 2.45) is 5.92 Å². The Balaban J connectivity index is 2.05. The minimum Gasteiger partial charge on any atom is -0.493 e. The van der Waals surface area contributed by atoms with E-state index in [0.717, 1.165) is 11.3 Å². The van der Waals surface area contributed by atoms with Gasteiger partial charge in [-0.2, -0.15) is 0 Å². The molecule has 2 unspecified atom stereocenters. The number of esters is 1. The van der Waals surface area contributed by atoms with Crippen molar-refractivity contribution in [3.05, 3.63) is 66.2 Å². The fourth-order valence-electron chi connectivity index (χ4n) is 2.87. The van der Waals surface area contributed by atoms with E-state index in [1.165, 1.54) is 7.11 Å². The topological polar surface area (TPSA) is 55.8 Å². The third kappa shape index (κ3) is 6.13. The quantitative estimate of drug-likeness (QED) is 0.630. The minimum absolute atomic E-state index is 0.0574. The Hall–Kier alpha value is -2.82. The van der Waals surface area contributed by atoms with Gasteiger partial charge < -0.3 is 14.4 Å². The Kier molecular flexibility index (Phi) is 7.86. The molecule has 2 atom stereocenters. The van der Waals surface area contributed by atoms with Crippen molar-refractivity contribution >= 4 is 11.9 Å². The van der Waals surface area contributed by atoms with E-state index in [1.807, 2.05) is 67.6 Å². The molecule has 0 saturated heterocycles. The van der Waals surface area contributed by atoms with E-state index in [4.69, 9.17) is 9.47 Å². The van der Waals surface area contributed by atoms with Crippen LogP contribution in [-0.4, -0.2) is 37.0 Å². The van der Waals surface area contributed by atoms with Crippen LogP contribution < -0.4 is 4.74 Å². The molecule has 0 aliphatic rings. The van der Waals surface area contributed by atoms with Crippen LogP contribution in [0.5, 0.6) is 5.75 Å². The molecule has 2 aromatic rings. The molecule has 2 rings (SSSR count). The zero-order valence-corrected chi connectivity index (χ0v) is 16.1. The standard InChI is InChI=1S/C22H27NO4/c1-17(22(25)26-3)16-23(18(2)19-10-6-4-7-11-19)21(24)14-15-27-20-12-8-5-9-13-20/h4-13,17-18H,14-16H2,1-3H3. The Morgan fingerprint density at radius 3 is 2.15 bits per heavy atom. The van der Waals surface area contributed by atoms with E-state index in [0.29, 0.717) is 6.54 Å². The Bertz CT molecular complexity index is 718. The molecule has 1 amide bonds. The van der Waals surface area contributed by atoms with Gasteiger partial charge in [-0.25, -0.2) is 0 Å². The van der Waals surface area contributed by atoms with E-state index in [-0.39, 0.29) is 30.9 Å². The number of nitrogens with zero attached hydrogens (tertiary/aromatic N) is 1. The van der Waals surface area contributed by atoms with Crippen molar-refractivity contribution in [1.29, 1.82) is 0 Å². The number of carbonyl (C=O) groups excluding carboxylic acids is 2. The largest absolute Gasteiger partial charge is 0.493 e. The Morgan fingerprint density at radius 2 is 1.56 bits per heavy atom. The highest BCUT2D eigenvalue weighted by Crippen LogP contribution is 2.22. The van der Waals surface area contributed by atoms with Crippen LogP contribution in [0.4, 0.5) is 0 Å². The van der Waals surface area contributed by atoms with Crippen LogP contribution in [0.1, 0.15) is 31.9 Å². The molecule has 0 aliphatic carbocycles. The Morgan fingerprint density at radius 1 is 0.963 bits per heavy atom. The summed E-state index contributed by atoms with van der Waals surface area (Å²) in [5.74, 6) is -0.0531. The van der Waals surface area contributed by atoms with Gasteiger partial charge in [0.2, 0.25) is 5.91 Å². The second kappa shape index (κ2) is 10.4. The molecule has 2 aromatic carbocycles. The SMILES string of the molecule is COC(=O)C(C)CN(C(=O)CCOc1ccccc1)C(C)c1ccccc1. The van der Waals surface area contributed by atoms with Crippen LogP contribution in [0, 0.1) is 5.92 Å². The Labute approximate surface area is 160 Å². The molecule has 0 radical (unpaired) electrons. The average molecular weight is 369 g/mol. The summed E-state index contributed by atoms with van der Waals surface area (Å²) in [7, 11) is 1.36. The second-order valence-corrected chi connectivity index (χ2v) is 6.47. The number of amides is 1.